The van der Waals surface area contributed by atoms with E-state index in [4.69, 9.17) is 5.73 Å². The van der Waals surface area contributed by atoms with Crippen molar-refractivity contribution in [2.45, 2.75) is 51.7 Å². The van der Waals surface area contributed by atoms with E-state index in [9.17, 15) is 0 Å². The van der Waals surface area contributed by atoms with E-state index in [1.54, 1.807) is 0 Å². The number of rotatable bonds is 5. The summed E-state index contributed by atoms with van der Waals surface area (Å²) in [6, 6.07) is 5.85. The van der Waals surface area contributed by atoms with Crippen molar-refractivity contribution in [2.24, 2.45) is 5.73 Å². The highest BCUT2D eigenvalue weighted by Crippen LogP contribution is 2.37. The predicted octanol–water partition coefficient (Wildman–Crippen LogP) is 2.93. The molecular formula is C13H22N2S. The lowest BCUT2D eigenvalue weighted by atomic mass is 10.1. The molecular weight excluding hydrogens is 216 g/mol. The van der Waals surface area contributed by atoms with Crippen molar-refractivity contribution in [3.8, 4) is 0 Å². The molecule has 1 saturated carbocycles. The summed E-state index contributed by atoms with van der Waals surface area (Å²) in [6.07, 6.45) is 2.70. The summed E-state index contributed by atoms with van der Waals surface area (Å²) >= 11 is 1.89. The molecule has 90 valence electrons. The Morgan fingerprint density at radius 2 is 2.19 bits per heavy atom. The highest BCUT2D eigenvalue weighted by molar-refractivity contribution is 7.12. The summed E-state index contributed by atoms with van der Waals surface area (Å²) < 4.78 is 0. The average molecular weight is 238 g/mol. The van der Waals surface area contributed by atoms with Gasteiger partial charge in [-0.1, -0.05) is 6.92 Å². The Morgan fingerprint density at radius 1 is 1.50 bits per heavy atom. The molecule has 0 saturated heterocycles. The van der Waals surface area contributed by atoms with Crippen LogP contribution in [-0.2, 0) is 0 Å². The van der Waals surface area contributed by atoms with Crippen molar-refractivity contribution in [3.05, 3.63) is 21.9 Å². The van der Waals surface area contributed by atoms with Crippen LogP contribution in [0, 0.1) is 6.92 Å². The molecule has 2 atom stereocenters. The molecule has 1 heterocycles. The summed E-state index contributed by atoms with van der Waals surface area (Å²) in [5.41, 5.74) is 6.18. The van der Waals surface area contributed by atoms with Gasteiger partial charge in [0, 0.05) is 21.8 Å². The molecule has 1 aromatic rings. The highest BCUT2D eigenvalue weighted by atomic mass is 32.1. The van der Waals surface area contributed by atoms with Crippen LogP contribution < -0.4 is 5.73 Å². The van der Waals surface area contributed by atoms with E-state index in [1.165, 1.54) is 22.6 Å². The second-order valence-corrected chi connectivity index (χ2v) is 6.13. The van der Waals surface area contributed by atoms with Crippen LogP contribution >= 0.6 is 11.3 Å². The Morgan fingerprint density at radius 3 is 2.56 bits per heavy atom. The molecule has 1 aliphatic rings. The topological polar surface area (TPSA) is 29.3 Å². The molecule has 0 amide bonds. The van der Waals surface area contributed by atoms with Crippen molar-refractivity contribution >= 4 is 11.3 Å². The SMILES string of the molecule is CCN(C1CC1)C(c1ccc(C)s1)C(C)N. The molecule has 2 nitrogen and oxygen atoms in total. The average Bonchev–Trinajstić information content (AvgIpc) is 2.98. The number of thiophene rings is 1. The van der Waals surface area contributed by atoms with Crippen LogP contribution in [-0.4, -0.2) is 23.5 Å². The molecule has 0 spiro atoms. The van der Waals surface area contributed by atoms with E-state index in [0.29, 0.717) is 6.04 Å². The first kappa shape index (κ1) is 12.1. The van der Waals surface area contributed by atoms with Crippen LogP contribution in [0.2, 0.25) is 0 Å². The number of hydrogen-bond acceptors (Lipinski definition) is 3. The maximum Gasteiger partial charge on any atom is 0.0593 e. The zero-order valence-electron chi connectivity index (χ0n) is 10.4. The third-order valence-corrected chi connectivity index (χ3v) is 4.36. The van der Waals surface area contributed by atoms with Crippen molar-refractivity contribution in [1.29, 1.82) is 0 Å². The molecule has 16 heavy (non-hydrogen) atoms. The maximum absolute atomic E-state index is 6.18. The Labute approximate surface area is 102 Å². The van der Waals surface area contributed by atoms with Gasteiger partial charge in [-0.05, 0) is 45.4 Å². The van der Waals surface area contributed by atoms with Crippen LogP contribution in [0.3, 0.4) is 0 Å². The molecule has 0 bridgehead atoms. The third kappa shape index (κ3) is 2.47. The molecule has 0 aliphatic heterocycles. The zero-order valence-corrected chi connectivity index (χ0v) is 11.3. The van der Waals surface area contributed by atoms with E-state index in [0.717, 1.165) is 12.6 Å². The largest absolute Gasteiger partial charge is 0.326 e. The molecule has 2 unspecified atom stereocenters. The van der Waals surface area contributed by atoms with Gasteiger partial charge in [0.2, 0.25) is 0 Å². The smallest absolute Gasteiger partial charge is 0.0593 e. The van der Waals surface area contributed by atoms with Gasteiger partial charge in [0.05, 0.1) is 6.04 Å². The number of likely N-dealkylation sites (N-methyl/N-ethyl adjacent to an activating group) is 1. The molecule has 1 aromatic heterocycles. The van der Waals surface area contributed by atoms with E-state index in [2.05, 4.69) is 37.8 Å². The number of aryl methyl sites for hydroxylation is 1. The van der Waals surface area contributed by atoms with Gasteiger partial charge in [0.15, 0.2) is 0 Å². The van der Waals surface area contributed by atoms with E-state index in [-0.39, 0.29) is 6.04 Å². The highest BCUT2D eigenvalue weighted by Gasteiger charge is 2.35. The van der Waals surface area contributed by atoms with E-state index < -0.39 is 0 Å². The second kappa shape index (κ2) is 4.86. The lowest BCUT2D eigenvalue weighted by Gasteiger charge is -2.32. The lowest BCUT2D eigenvalue weighted by Crippen LogP contribution is -2.40. The molecule has 1 aliphatic carbocycles. The van der Waals surface area contributed by atoms with Gasteiger partial charge >= 0.3 is 0 Å². The first-order valence-electron chi connectivity index (χ1n) is 6.21. The molecule has 1 fully saturated rings. The number of hydrogen-bond donors (Lipinski definition) is 1. The molecule has 3 heteroatoms. The number of nitrogens with two attached hydrogens (primary N) is 1. The quantitative estimate of drug-likeness (QED) is 0.854. The fourth-order valence-electron chi connectivity index (χ4n) is 2.43. The number of nitrogens with zero attached hydrogens (tertiary/aromatic N) is 1. The van der Waals surface area contributed by atoms with Gasteiger partial charge in [0.25, 0.3) is 0 Å². The van der Waals surface area contributed by atoms with Gasteiger partial charge in [-0.3, -0.25) is 4.90 Å². The predicted molar refractivity (Wildman–Crippen MR) is 70.8 cm³/mol. The summed E-state index contributed by atoms with van der Waals surface area (Å²) in [4.78, 5) is 5.39. The summed E-state index contributed by atoms with van der Waals surface area (Å²) in [5, 5.41) is 0. The van der Waals surface area contributed by atoms with Gasteiger partial charge in [-0.25, -0.2) is 0 Å². The molecule has 0 aromatic carbocycles. The zero-order chi connectivity index (χ0) is 11.7. The second-order valence-electron chi connectivity index (χ2n) is 4.81. The minimum atomic E-state index is 0.207. The Bertz CT molecular complexity index is 341. The monoisotopic (exact) mass is 238 g/mol. The molecule has 0 radical (unpaired) electrons. The van der Waals surface area contributed by atoms with Crippen molar-refractivity contribution < 1.29 is 0 Å². The van der Waals surface area contributed by atoms with Gasteiger partial charge in [0.1, 0.15) is 0 Å². The van der Waals surface area contributed by atoms with E-state index in [1.807, 2.05) is 11.3 Å². The normalized spacial score (nSPS) is 20.1. The summed E-state index contributed by atoms with van der Waals surface area (Å²) in [5.74, 6) is 0. The van der Waals surface area contributed by atoms with Crippen molar-refractivity contribution in [3.63, 3.8) is 0 Å². The first-order chi connectivity index (χ1) is 7.63. The van der Waals surface area contributed by atoms with Crippen LogP contribution in [0.4, 0.5) is 0 Å². The minimum Gasteiger partial charge on any atom is -0.326 e. The van der Waals surface area contributed by atoms with Crippen molar-refractivity contribution in [2.75, 3.05) is 6.54 Å². The van der Waals surface area contributed by atoms with Gasteiger partial charge < -0.3 is 5.73 Å². The minimum absolute atomic E-state index is 0.207. The van der Waals surface area contributed by atoms with Crippen LogP contribution in [0.5, 0.6) is 0 Å². The standard InChI is InChI=1S/C13H22N2S/c1-4-15(11-6-7-11)13(10(3)14)12-8-5-9(2)16-12/h5,8,10-11,13H,4,6-7,14H2,1-3H3. The van der Waals surface area contributed by atoms with Crippen LogP contribution in [0.25, 0.3) is 0 Å². The van der Waals surface area contributed by atoms with Gasteiger partial charge in [-0.2, -0.15) is 0 Å². The van der Waals surface area contributed by atoms with Crippen LogP contribution in [0.15, 0.2) is 12.1 Å². The Hall–Kier alpha value is -0.380. The summed E-state index contributed by atoms with van der Waals surface area (Å²) in [6.45, 7) is 7.65. The van der Waals surface area contributed by atoms with Crippen LogP contribution in [0.1, 0.15) is 42.5 Å². The Balaban J connectivity index is 2.21. The Kier molecular flexibility index (Phi) is 3.67. The van der Waals surface area contributed by atoms with Crippen molar-refractivity contribution in [1.82, 2.24) is 4.90 Å². The van der Waals surface area contributed by atoms with Gasteiger partial charge in [-0.15, -0.1) is 11.3 Å². The fraction of sp³-hybridized carbons (Fsp3) is 0.692. The lowest BCUT2D eigenvalue weighted by molar-refractivity contribution is 0.179. The first-order valence-corrected chi connectivity index (χ1v) is 7.02. The summed E-state index contributed by atoms with van der Waals surface area (Å²) in [7, 11) is 0. The fourth-order valence-corrected chi connectivity index (χ4v) is 3.54. The molecule has 2 N–H and O–H groups in total. The third-order valence-electron chi connectivity index (χ3n) is 3.29. The van der Waals surface area contributed by atoms with E-state index >= 15 is 0 Å². The molecule has 2 rings (SSSR count). The maximum atomic E-state index is 6.18.